The maximum atomic E-state index is 12.4. The van der Waals surface area contributed by atoms with E-state index in [1.165, 1.54) is 11.1 Å². The van der Waals surface area contributed by atoms with E-state index < -0.39 is 0 Å². The maximum Gasteiger partial charge on any atom is 0.223 e. The highest BCUT2D eigenvalue weighted by molar-refractivity contribution is 9.10. The van der Waals surface area contributed by atoms with Crippen molar-refractivity contribution in [1.29, 1.82) is 0 Å². The number of ether oxygens (including phenoxy) is 1. The number of benzene rings is 2. The van der Waals surface area contributed by atoms with Gasteiger partial charge in [0.2, 0.25) is 5.91 Å². The molecule has 0 saturated carbocycles. The number of amides is 1. The van der Waals surface area contributed by atoms with E-state index >= 15 is 0 Å². The van der Waals surface area contributed by atoms with Crippen LogP contribution in [0.5, 0.6) is 5.75 Å². The zero-order valence-electron chi connectivity index (χ0n) is 15.8. The summed E-state index contributed by atoms with van der Waals surface area (Å²) in [6.07, 6.45) is 1.84. The second-order valence-corrected chi connectivity index (χ2v) is 8.05. The number of hydrogen-bond acceptors (Lipinski definition) is 3. The third kappa shape index (κ3) is 6.36. The molecule has 5 heteroatoms. The Morgan fingerprint density at radius 3 is 2.44 bits per heavy atom. The topological polar surface area (TPSA) is 41.6 Å². The van der Waals surface area contributed by atoms with Crippen molar-refractivity contribution >= 4 is 21.8 Å². The molecule has 0 radical (unpaired) electrons. The minimum Gasteiger partial charge on any atom is -0.492 e. The second-order valence-electron chi connectivity index (χ2n) is 7.13. The zero-order valence-corrected chi connectivity index (χ0v) is 17.4. The van der Waals surface area contributed by atoms with Gasteiger partial charge in [-0.1, -0.05) is 45.8 Å². The molecule has 0 aliphatic carbocycles. The largest absolute Gasteiger partial charge is 0.492 e. The Bertz CT molecular complexity index is 723. The Labute approximate surface area is 170 Å². The SMILES string of the molecule is Cc1ccc(OCCNC(=O)C2CCN(Cc3ccc(Br)cc3)CC2)cc1. The van der Waals surface area contributed by atoms with E-state index in [0.29, 0.717) is 13.2 Å². The van der Waals surface area contributed by atoms with Gasteiger partial charge in [0.25, 0.3) is 0 Å². The van der Waals surface area contributed by atoms with Crippen LogP contribution in [-0.4, -0.2) is 37.0 Å². The minimum atomic E-state index is 0.116. The van der Waals surface area contributed by atoms with Gasteiger partial charge in [-0.3, -0.25) is 9.69 Å². The van der Waals surface area contributed by atoms with Gasteiger partial charge in [-0.05, 0) is 62.7 Å². The number of nitrogens with zero attached hydrogens (tertiary/aromatic N) is 1. The molecule has 1 saturated heterocycles. The summed E-state index contributed by atoms with van der Waals surface area (Å²) < 4.78 is 6.77. The summed E-state index contributed by atoms with van der Waals surface area (Å²) in [5.41, 5.74) is 2.52. The molecule has 0 atom stereocenters. The van der Waals surface area contributed by atoms with E-state index in [2.05, 4.69) is 50.4 Å². The van der Waals surface area contributed by atoms with Crippen molar-refractivity contribution in [1.82, 2.24) is 10.2 Å². The molecule has 2 aromatic carbocycles. The molecular weight excluding hydrogens is 404 g/mol. The number of halogens is 1. The Balaban J connectivity index is 1.33. The fraction of sp³-hybridized carbons (Fsp3) is 0.409. The molecular formula is C22H27BrN2O2. The average molecular weight is 431 g/mol. The second kappa shape index (κ2) is 9.90. The summed E-state index contributed by atoms with van der Waals surface area (Å²) in [6, 6.07) is 16.4. The number of hydrogen-bond donors (Lipinski definition) is 1. The highest BCUT2D eigenvalue weighted by atomic mass is 79.9. The lowest BCUT2D eigenvalue weighted by Crippen LogP contribution is -2.41. The predicted molar refractivity (Wildman–Crippen MR) is 112 cm³/mol. The van der Waals surface area contributed by atoms with Crippen molar-refractivity contribution in [2.45, 2.75) is 26.3 Å². The van der Waals surface area contributed by atoms with Crippen molar-refractivity contribution in [2.24, 2.45) is 5.92 Å². The van der Waals surface area contributed by atoms with Crippen LogP contribution >= 0.6 is 15.9 Å². The van der Waals surface area contributed by atoms with E-state index in [1.54, 1.807) is 0 Å². The lowest BCUT2D eigenvalue weighted by atomic mass is 9.95. The summed E-state index contributed by atoms with van der Waals surface area (Å²) in [4.78, 5) is 14.8. The van der Waals surface area contributed by atoms with Crippen LogP contribution in [0.3, 0.4) is 0 Å². The molecule has 144 valence electrons. The van der Waals surface area contributed by atoms with Crippen molar-refractivity contribution in [3.63, 3.8) is 0 Å². The Hall–Kier alpha value is -1.85. The number of piperidine rings is 1. The molecule has 1 fully saturated rings. The first-order valence-electron chi connectivity index (χ1n) is 9.54. The molecule has 1 heterocycles. The minimum absolute atomic E-state index is 0.116. The Kier molecular flexibility index (Phi) is 7.30. The number of nitrogens with one attached hydrogen (secondary N) is 1. The number of likely N-dealkylation sites (tertiary alicyclic amines) is 1. The van der Waals surface area contributed by atoms with Crippen molar-refractivity contribution in [3.8, 4) is 5.75 Å². The molecule has 0 aromatic heterocycles. The molecule has 1 N–H and O–H groups in total. The summed E-state index contributed by atoms with van der Waals surface area (Å²) >= 11 is 3.47. The van der Waals surface area contributed by atoms with Crippen LogP contribution in [0, 0.1) is 12.8 Å². The molecule has 3 rings (SSSR count). The van der Waals surface area contributed by atoms with Crippen molar-refractivity contribution < 1.29 is 9.53 Å². The molecule has 1 aliphatic heterocycles. The standard InChI is InChI=1S/C22H27BrN2O2/c1-17-2-8-21(9-3-17)27-15-12-24-22(26)19-10-13-25(14-11-19)16-18-4-6-20(23)7-5-18/h2-9,19H,10-16H2,1H3,(H,24,26). The first-order valence-corrected chi connectivity index (χ1v) is 10.3. The van der Waals surface area contributed by atoms with E-state index in [1.807, 2.05) is 31.2 Å². The van der Waals surface area contributed by atoms with Gasteiger partial charge in [0, 0.05) is 16.9 Å². The van der Waals surface area contributed by atoms with Crippen molar-refractivity contribution in [2.75, 3.05) is 26.2 Å². The highest BCUT2D eigenvalue weighted by Crippen LogP contribution is 2.20. The Morgan fingerprint density at radius 2 is 1.78 bits per heavy atom. The van der Waals surface area contributed by atoms with Crippen molar-refractivity contribution in [3.05, 3.63) is 64.1 Å². The number of aryl methyl sites for hydroxylation is 1. The molecule has 0 spiro atoms. The lowest BCUT2D eigenvalue weighted by Gasteiger charge is -2.31. The van der Waals surface area contributed by atoms with E-state index in [-0.39, 0.29) is 11.8 Å². The molecule has 4 nitrogen and oxygen atoms in total. The van der Waals surface area contributed by atoms with E-state index in [4.69, 9.17) is 4.74 Å². The molecule has 0 bridgehead atoms. The fourth-order valence-corrected chi connectivity index (χ4v) is 3.59. The van der Waals surface area contributed by atoms with Crippen LogP contribution in [-0.2, 0) is 11.3 Å². The predicted octanol–water partition coefficient (Wildman–Crippen LogP) is 4.16. The van der Waals surface area contributed by atoms with Gasteiger partial charge in [-0.25, -0.2) is 0 Å². The van der Waals surface area contributed by atoms with Gasteiger partial charge >= 0.3 is 0 Å². The maximum absolute atomic E-state index is 12.4. The van der Waals surface area contributed by atoms with Crippen LogP contribution in [0.25, 0.3) is 0 Å². The number of carbonyl (C=O) groups is 1. The number of carbonyl (C=O) groups excluding carboxylic acids is 1. The zero-order chi connectivity index (χ0) is 19.1. The quantitative estimate of drug-likeness (QED) is 0.670. The molecule has 1 aliphatic rings. The van der Waals surface area contributed by atoms with Gasteiger partial charge in [-0.2, -0.15) is 0 Å². The average Bonchev–Trinajstić information content (AvgIpc) is 2.69. The highest BCUT2D eigenvalue weighted by Gasteiger charge is 2.24. The first kappa shape index (κ1) is 19.9. The van der Waals surface area contributed by atoms with Gasteiger partial charge < -0.3 is 10.1 Å². The van der Waals surface area contributed by atoms with E-state index in [9.17, 15) is 4.79 Å². The molecule has 0 unspecified atom stereocenters. The van der Waals surface area contributed by atoms with Gasteiger partial charge in [0.1, 0.15) is 12.4 Å². The van der Waals surface area contributed by atoms with Crippen LogP contribution in [0.4, 0.5) is 0 Å². The normalized spacial score (nSPS) is 15.5. The molecule has 1 amide bonds. The van der Waals surface area contributed by atoms with Gasteiger partial charge in [0.15, 0.2) is 0 Å². The van der Waals surface area contributed by atoms with Crippen LogP contribution in [0.15, 0.2) is 53.0 Å². The van der Waals surface area contributed by atoms with Crippen LogP contribution < -0.4 is 10.1 Å². The summed E-state index contributed by atoms with van der Waals surface area (Å²) in [6.45, 7) is 5.98. The molecule has 2 aromatic rings. The summed E-state index contributed by atoms with van der Waals surface area (Å²) in [5.74, 6) is 1.12. The molecule has 27 heavy (non-hydrogen) atoms. The van der Waals surface area contributed by atoms with Gasteiger partial charge in [-0.15, -0.1) is 0 Å². The first-order chi connectivity index (χ1) is 13.1. The third-order valence-corrected chi connectivity index (χ3v) is 5.50. The van der Waals surface area contributed by atoms with Crippen LogP contribution in [0.2, 0.25) is 0 Å². The van der Waals surface area contributed by atoms with Gasteiger partial charge in [0.05, 0.1) is 6.54 Å². The summed E-state index contributed by atoms with van der Waals surface area (Å²) in [7, 11) is 0. The third-order valence-electron chi connectivity index (χ3n) is 4.97. The monoisotopic (exact) mass is 430 g/mol. The van der Waals surface area contributed by atoms with E-state index in [0.717, 1.165) is 42.7 Å². The smallest absolute Gasteiger partial charge is 0.223 e. The Morgan fingerprint density at radius 1 is 1.11 bits per heavy atom. The number of rotatable bonds is 7. The lowest BCUT2D eigenvalue weighted by molar-refractivity contribution is -0.126. The van der Waals surface area contributed by atoms with Crippen LogP contribution in [0.1, 0.15) is 24.0 Å². The summed E-state index contributed by atoms with van der Waals surface area (Å²) in [5, 5.41) is 3.02. The fourth-order valence-electron chi connectivity index (χ4n) is 3.32.